The minimum atomic E-state index is -0.295. The zero-order chi connectivity index (χ0) is 16.9. The Morgan fingerprint density at radius 1 is 1.25 bits per heavy atom. The first kappa shape index (κ1) is 16.5. The number of amides is 1. The molecular formula is C17H19ClN4O2. The Kier molecular flexibility index (Phi) is 5.15. The van der Waals surface area contributed by atoms with Gasteiger partial charge in [-0.25, -0.2) is 9.97 Å². The summed E-state index contributed by atoms with van der Waals surface area (Å²) in [6.07, 6.45) is 5.11. The molecule has 1 aromatic heterocycles. The fourth-order valence-corrected chi connectivity index (χ4v) is 2.92. The number of hydrogen-bond donors (Lipinski definition) is 1. The van der Waals surface area contributed by atoms with Crippen molar-refractivity contribution < 1.29 is 9.53 Å². The number of carbonyl (C=O) groups excluding carboxylic acids is 1. The van der Waals surface area contributed by atoms with E-state index in [1.54, 1.807) is 37.6 Å². The molecule has 1 aliphatic heterocycles. The van der Waals surface area contributed by atoms with Gasteiger partial charge in [0.15, 0.2) is 0 Å². The molecule has 0 spiro atoms. The Bertz CT molecular complexity index is 732. The predicted molar refractivity (Wildman–Crippen MR) is 94.1 cm³/mol. The van der Waals surface area contributed by atoms with Crippen LogP contribution in [-0.4, -0.2) is 36.1 Å². The number of halogens is 1. The van der Waals surface area contributed by atoms with Crippen LogP contribution >= 0.6 is 11.6 Å². The number of anilines is 2. The number of piperidine rings is 1. The van der Waals surface area contributed by atoms with Crippen molar-refractivity contribution in [2.45, 2.75) is 19.3 Å². The van der Waals surface area contributed by atoms with E-state index < -0.39 is 0 Å². The molecule has 0 bridgehead atoms. The van der Waals surface area contributed by atoms with Crippen molar-refractivity contribution in [3.05, 3.63) is 41.2 Å². The number of ether oxygens (including phenoxy) is 1. The SMILES string of the molecule is COc1ccc(NC(=O)c2ccnc(N3CCCCC3)n2)cc1Cl. The van der Waals surface area contributed by atoms with Crippen LogP contribution in [0.1, 0.15) is 29.8 Å². The van der Waals surface area contributed by atoms with Crippen LogP contribution in [0.4, 0.5) is 11.6 Å². The Hall–Kier alpha value is -2.34. The van der Waals surface area contributed by atoms with Crippen molar-refractivity contribution in [3.8, 4) is 5.75 Å². The topological polar surface area (TPSA) is 67.3 Å². The number of carbonyl (C=O) groups is 1. The summed E-state index contributed by atoms with van der Waals surface area (Å²) < 4.78 is 5.10. The summed E-state index contributed by atoms with van der Waals surface area (Å²) in [5, 5.41) is 3.23. The maximum absolute atomic E-state index is 12.4. The normalized spacial score (nSPS) is 14.3. The number of rotatable bonds is 4. The molecular weight excluding hydrogens is 328 g/mol. The summed E-state index contributed by atoms with van der Waals surface area (Å²) in [7, 11) is 1.54. The van der Waals surface area contributed by atoms with E-state index in [4.69, 9.17) is 16.3 Å². The maximum Gasteiger partial charge on any atom is 0.274 e. The Morgan fingerprint density at radius 3 is 2.75 bits per heavy atom. The molecule has 1 aliphatic rings. The lowest BCUT2D eigenvalue weighted by Crippen LogP contribution is -2.31. The van der Waals surface area contributed by atoms with Crippen molar-refractivity contribution in [1.29, 1.82) is 0 Å². The highest BCUT2D eigenvalue weighted by Crippen LogP contribution is 2.27. The van der Waals surface area contributed by atoms with E-state index in [2.05, 4.69) is 20.2 Å². The molecule has 24 heavy (non-hydrogen) atoms. The third-order valence-electron chi connectivity index (χ3n) is 3.92. The largest absolute Gasteiger partial charge is 0.495 e. The Labute approximate surface area is 145 Å². The van der Waals surface area contributed by atoms with E-state index in [1.165, 1.54) is 6.42 Å². The van der Waals surface area contributed by atoms with Crippen molar-refractivity contribution in [2.24, 2.45) is 0 Å². The highest BCUT2D eigenvalue weighted by molar-refractivity contribution is 6.32. The van der Waals surface area contributed by atoms with E-state index in [9.17, 15) is 4.79 Å². The second-order valence-electron chi connectivity index (χ2n) is 5.59. The molecule has 2 aromatic rings. The van der Waals surface area contributed by atoms with Gasteiger partial charge in [0.1, 0.15) is 11.4 Å². The summed E-state index contributed by atoms with van der Waals surface area (Å²) in [5.41, 5.74) is 0.918. The maximum atomic E-state index is 12.4. The number of nitrogens with one attached hydrogen (secondary N) is 1. The number of methoxy groups -OCH3 is 1. The molecule has 0 atom stereocenters. The lowest BCUT2D eigenvalue weighted by Gasteiger charge is -2.26. The molecule has 0 saturated carbocycles. The molecule has 0 aliphatic carbocycles. The van der Waals surface area contributed by atoms with Gasteiger partial charge in [-0.15, -0.1) is 0 Å². The van der Waals surface area contributed by atoms with Crippen LogP contribution in [-0.2, 0) is 0 Å². The molecule has 126 valence electrons. The van der Waals surface area contributed by atoms with Gasteiger partial charge in [0.05, 0.1) is 12.1 Å². The van der Waals surface area contributed by atoms with Gasteiger partial charge in [0.25, 0.3) is 5.91 Å². The molecule has 0 unspecified atom stereocenters. The third-order valence-corrected chi connectivity index (χ3v) is 4.22. The summed E-state index contributed by atoms with van der Waals surface area (Å²) in [6.45, 7) is 1.86. The standard InChI is InChI=1S/C17H19ClN4O2/c1-24-15-6-5-12(11-13(15)18)20-16(23)14-7-8-19-17(21-14)22-9-3-2-4-10-22/h5-8,11H,2-4,9-10H2,1H3,(H,20,23). The van der Waals surface area contributed by atoms with Gasteiger partial charge < -0.3 is 15.0 Å². The average molecular weight is 347 g/mol. The lowest BCUT2D eigenvalue weighted by atomic mass is 10.1. The molecule has 1 saturated heterocycles. The monoisotopic (exact) mass is 346 g/mol. The van der Waals surface area contributed by atoms with Gasteiger partial charge in [-0.05, 0) is 43.5 Å². The highest BCUT2D eigenvalue weighted by atomic mass is 35.5. The highest BCUT2D eigenvalue weighted by Gasteiger charge is 2.16. The van der Waals surface area contributed by atoms with Crippen LogP contribution in [0.5, 0.6) is 5.75 Å². The van der Waals surface area contributed by atoms with Crippen molar-refractivity contribution >= 4 is 29.1 Å². The van der Waals surface area contributed by atoms with E-state index in [1.807, 2.05) is 0 Å². The molecule has 6 nitrogen and oxygen atoms in total. The zero-order valence-corrected chi connectivity index (χ0v) is 14.2. The summed E-state index contributed by atoms with van der Waals surface area (Å²) in [5.74, 6) is 0.871. The first-order valence-corrected chi connectivity index (χ1v) is 8.28. The van der Waals surface area contributed by atoms with Crippen molar-refractivity contribution in [3.63, 3.8) is 0 Å². The predicted octanol–water partition coefficient (Wildman–Crippen LogP) is 3.38. The van der Waals surface area contributed by atoms with Crippen LogP contribution in [0.15, 0.2) is 30.5 Å². The van der Waals surface area contributed by atoms with Gasteiger partial charge in [-0.3, -0.25) is 4.79 Å². The minimum absolute atomic E-state index is 0.295. The fraction of sp³-hybridized carbons (Fsp3) is 0.353. The summed E-state index contributed by atoms with van der Waals surface area (Å²) in [6, 6.07) is 6.69. The third kappa shape index (κ3) is 3.76. The van der Waals surface area contributed by atoms with Crippen LogP contribution in [0.25, 0.3) is 0 Å². The van der Waals surface area contributed by atoms with Crippen LogP contribution < -0.4 is 15.0 Å². The lowest BCUT2D eigenvalue weighted by molar-refractivity contribution is 0.102. The molecule has 7 heteroatoms. The van der Waals surface area contributed by atoms with Gasteiger partial charge in [-0.1, -0.05) is 11.6 Å². The average Bonchev–Trinajstić information content (AvgIpc) is 2.63. The second kappa shape index (κ2) is 7.49. The summed E-state index contributed by atoms with van der Waals surface area (Å²) >= 11 is 6.08. The first-order chi connectivity index (χ1) is 11.7. The number of benzene rings is 1. The minimum Gasteiger partial charge on any atom is -0.495 e. The Balaban J connectivity index is 1.74. The second-order valence-corrected chi connectivity index (χ2v) is 6.00. The van der Waals surface area contributed by atoms with E-state index in [0.717, 1.165) is 25.9 Å². The van der Waals surface area contributed by atoms with Gasteiger partial charge in [-0.2, -0.15) is 0 Å². The van der Waals surface area contributed by atoms with E-state index in [-0.39, 0.29) is 5.91 Å². The molecule has 2 heterocycles. The molecule has 1 N–H and O–H groups in total. The molecule has 1 fully saturated rings. The smallest absolute Gasteiger partial charge is 0.274 e. The number of aromatic nitrogens is 2. The van der Waals surface area contributed by atoms with Crippen molar-refractivity contribution in [1.82, 2.24) is 9.97 Å². The van der Waals surface area contributed by atoms with Crippen LogP contribution in [0.3, 0.4) is 0 Å². The number of nitrogens with zero attached hydrogens (tertiary/aromatic N) is 3. The summed E-state index contributed by atoms with van der Waals surface area (Å²) in [4.78, 5) is 23.2. The molecule has 3 rings (SSSR count). The van der Waals surface area contributed by atoms with Gasteiger partial charge >= 0.3 is 0 Å². The Morgan fingerprint density at radius 2 is 2.04 bits per heavy atom. The number of hydrogen-bond acceptors (Lipinski definition) is 5. The van der Waals surface area contributed by atoms with E-state index in [0.29, 0.717) is 28.1 Å². The van der Waals surface area contributed by atoms with Crippen molar-refractivity contribution in [2.75, 3.05) is 30.4 Å². The zero-order valence-electron chi connectivity index (χ0n) is 13.5. The molecule has 0 radical (unpaired) electrons. The van der Waals surface area contributed by atoms with E-state index >= 15 is 0 Å². The molecule has 1 aromatic carbocycles. The quantitative estimate of drug-likeness (QED) is 0.919. The van der Waals surface area contributed by atoms with Gasteiger partial charge in [0.2, 0.25) is 5.95 Å². The van der Waals surface area contributed by atoms with Crippen LogP contribution in [0, 0.1) is 0 Å². The van der Waals surface area contributed by atoms with Gasteiger partial charge in [0, 0.05) is 25.0 Å². The first-order valence-electron chi connectivity index (χ1n) is 7.90. The fourth-order valence-electron chi connectivity index (χ4n) is 2.66. The molecule has 1 amide bonds. The van der Waals surface area contributed by atoms with Crippen LogP contribution in [0.2, 0.25) is 5.02 Å².